The van der Waals surface area contributed by atoms with Crippen LogP contribution < -0.4 is 0 Å². The first-order valence-corrected chi connectivity index (χ1v) is 5.49. The van der Waals surface area contributed by atoms with E-state index in [-0.39, 0.29) is 13.0 Å². The van der Waals surface area contributed by atoms with Crippen molar-refractivity contribution >= 4 is 0 Å². The predicted molar refractivity (Wildman–Crippen MR) is 54.4 cm³/mol. The second-order valence-electron chi connectivity index (χ2n) is 4.11. The van der Waals surface area contributed by atoms with Gasteiger partial charge in [0.1, 0.15) is 6.10 Å². The first kappa shape index (κ1) is 13.8. The van der Waals surface area contributed by atoms with Crippen molar-refractivity contribution in [3.05, 3.63) is 0 Å². The minimum absolute atomic E-state index is 0.233. The summed E-state index contributed by atoms with van der Waals surface area (Å²) in [5.74, 6) is 0. The maximum atomic E-state index is 9.45. The highest BCUT2D eigenvalue weighted by molar-refractivity contribution is 4.77. The first-order valence-electron chi connectivity index (χ1n) is 5.49. The molecule has 0 aromatic heterocycles. The number of hydrogen-bond donors (Lipinski definition) is 4. The number of ether oxygens (including phenoxy) is 2. The molecule has 1 saturated heterocycles. The molecule has 0 radical (unpaired) electrons. The fourth-order valence-electron chi connectivity index (χ4n) is 1.57. The largest absolute Gasteiger partial charge is 0.394 e. The molecule has 6 heteroatoms. The lowest BCUT2D eigenvalue weighted by Crippen LogP contribution is -2.25. The van der Waals surface area contributed by atoms with E-state index in [0.29, 0.717) is 12.8 Å². The monoisotopic (exact) mass is 236 g/mol. The second kappa shape index (κ2) is 6.48. The van der Waals surface area contributed by atoms with E-state index >= 15 is 0 Å². The smallest absolute Gasteiger partial charge is 0.163 e. The van der Waals surface area contributed by atoms with Crippen molar-refractivity contribution in [3.63, 3.8) is 0 Å². The third-order valence-electron chi connectivity index (χ3n) is 2.51. The molecule has 16 heavy (non-hydrogen) atoms. The van der Waals surface area contributed by atoms with Gasteiger partial charge in [-0.15, -0.1) is 0 Å². The first-order chi connectivity index (χ1) is 7.52. The van der Waals surface area contributed by atoms with Crippen LogP contribution in [0.1, 0.15) is 26.2 Å². The Balaban J connectivity index is 2.22. The lowest BCUT2D eigenvalue weighted by Gasteiger charge is -2.18. The summed E-state index contributed by atoms with van der Waals surface area (Å²) in [5.41, 5.74) is 0. The SMILES string of the molecule is C[C@H](O)CC[C@@H](O)O[C@@H]1C[C@H](O)[C@H](CO)O1. The normalized spacial score (nSPS) is 33.9. The molecule has 1 aliphatic rings. The molecule has 0 bridgehead atoms. The summed E-state index contributed by atoms with van der Waals surface area (Å²) in [6, 6.07) is 0. The Morgan fingerprint density at radius 2 is 2.06 bits per heavy atom. The minimum atomic E-state index is -1.02. The minimum Gasteiger partial charge on any atom is -0.394 e. The Morgan fingerprint density at radius 3 is 2.56 bits per heavy atom. The van der Waals surface area contributed by atoms with Gasteiger partial charge in [0.15, 0.2) is 12.6 Å². The lowest BCUT2D eigenvalue weighted by molar-refractivity contribution is -0.226. The van der Waals surface area contributed by atoms with Gasteiger partial charge in [-0.05, 0) is 13.3 Å². The fourth-order valence-corrected chi connectivity index (χ4v) is 1.57. The van der Waals surface area contributed by atoms with Crippen LogP contribution in [0.15, 0.2) is 0 Å². The molecule has 1 rings (SSSR count). The van der Waals surface area contributed by atoms with Gasteiger partial charge in [0, 0.05) is 12.8 Å². The van der Waals surface area contributed by atoms with Crippen LogP contribution >= 0.6 is 0 Å². The van der Waals surface area contributed by atoms with Crippen LogP contribution in [-0.4, -0.2) is 57.9 Å². The maximum Gasteiger partial charge on any atom is 0.163 e. The highest BCUT2D eigenvalue weighted by Crippen LogP contribution is 2.22. The van der Waals surface area contributed by atoms with Crippen molar-refractivity contribution in [2.24, 2.45) is 0 Å². The molecule has 4 N–H and O–H groups in total. The zero-order valence-electron chi connectivity index (χ0n) is 9.32. The Labute approximate surface area is 94.4 Å². The standard InChI is InChI=1S/C10H20O6/c1-6(12)2-3-9(14)16-10-4-7(13)8(5-11)15-10/h6-14H,2-5H2,1H3/t6-,7-,8-,9-,10+/m0/s1. The van der Waals surface area contributed by atoms with Crippen molar-refractivity contribution < 1.29 is 29.9 Å². The Bertz CT molecular complexity index is 198. The zero-order chi connectivity index (χ0) is 12.1. The molecule has 0 spiro atoms. The number of hydrogen-bond acceptors (Lipinski definition) is 6. The van der Waals surface area contributed by atoms with Crippen LogP contribution in [-0.2, 0) is 9.47 Å². The molecular weight excluding hydrogens is 216 g/mol. The molecule has 0 aromatic rings. The molecule has 0 amide bonds. The van der Waals surface area contributed by atoms with Crippen LogP contribution in [0.2, 0.25) is 0 Å². The van der Waals surface area contributed by atoms with Crippen molar-refractivity contribution in [3.8, 4) is 0 Å². The molecule has 1 heterocycles. The molecule has 1 aliphatic heterocycles. The van der Waals surface area contributed by atoms with Gasteiger partial charge in [0.25, 0.3) is 0 Å². The van der Waals surface area contributed by atoms with Gasteiger partial charge < -0.3 is 29.9 Å². The highest BCUT2D eigenvalue weighted by atomic mass is 16.7. The molecule has 0 saturated carbocycles. The summed E-state index contributed by atoms with van der Waals surface area (Å²) < 4.78 is 10.3. The van der Waals surface area contributed by atoms with Gasteiger partial charge >= 0.3 is 0 Å². The number of aliphatic hydroxyl groups is 4. The average molecular weight is 236 g/mol. The molecule has 0 aromatic carbocycles. The molecule has 0 aliphatic carbocycles. The predicted octanol–water partition coefficient (Wildman–Crippen LogP) is -1.05. The molecule has 6 nitrogen and oxygen atoms in total. The number of aliphatic hydroxyl groups excluding tert-OH is 4. The van der Waals surface area contributed by atoms with E-state index in [1.807, 2.05) is 0 Å². The Morgan fingerprint density at radius 1 is 1.38 bits per heavy atom. The highest BCUT2D eigenvalue weighted by Gasteiger charge is 2.35. The third kappa shape index (κ3) is 4.32. The van der Waals surface area contributed by atoms with Gasteiger partial charge in [0.2, 0.25) is 0 Å². The molecule has 96 valence electrons. The second-order valence-corrected chi connectivity index (χ2v) is 4.11. The molecule has 5 atom stereocenters. The van der Waals surface area contributed by atoms with Gasteiger partial charge in [-0.25, -0.2) is 0 Å². The van der Waals surface area contributed by atoms with Gasteiger partial charge in [-0.2, -0.15) is 0 Å². The van der Waals surface area contributed by atoms with Crippen molar-refractivity contribution in [1.82, 2.24) is 0 Å². The zero-order valence-corrected chi connectivity index (χ0v) is 9.32. The van der Waals surface area contributed by atoms with E-state index in [9.17, 15) is 10.2 Å². The van der Waals surface area contributed by atoms with Crippen LogP contribution in [0, 0.1) is 0 Å². The van der Waals surface area contributed by atoms with E-state index in [2.05, 4.69) is 0 Å². The van der Waals surface area contributed by atoms with Gasteiger partial charge in [-0.3, -0.25) is 0 Å². The van der Waals surface area contributed by atoms with Crippen LogP contribution in [0.3, 0.4) is 0 Å². The number of rotatable bonds is 6. The quantitative estimate of drug-likeness (QED) is 0.439. The molecular formula is C10H20O6. The summed E-state index contributed by atoms with van der Waals surface area (Å²) in [4.78, 5) is 0. The van der Waals surface area contributed by atoms with Crippen molar-refractivity contribution in [2.45, 2.75) is 57.1 Å². The van der Waals surface area contributed by atoms with Crippen molar-refractivity contribution in [1.29, 1.82) is 0 Å². The van der Waals surface area contributed by atoms with E-state index in [1.54, 1.807) is 6.92 Å². The maximum absolute atomic E-state index is 9.45. The Hall–Kier alpha value is -0.240. The average Bonchev–Trinajstić information content (AvgIpc) is 2.55. The topological polar surface area (TPSA) is 99.4 Å². The van der Waals surface area contributed by atoms with Crippen LogP contribution in [0.4, 0.5) is 0 Å². The van der Waals surface area contributed by atoms with E-state index < -0.39 is 30.9 Å². The summed E-state index contributed by atoms with van der Waals surface area (Å²) in [7, 11) is 0. The van der Waals surface area contributed by atoms with E-state index in [0.717, 1.165) is 0 Å². The van der Waals surface area contributed by atoms with Crippen LogP contribution in [0.5, 0.6) is 0 Å². The molecule has 0 unspecified atom stereocenters. The summed E-state index contributed by atoms with van der Waals surface area (Å²) >= 11 is 0. The Kier molecular flexibility index (Phi) is 5.60. The summed E-state index contributed by atoms with van der Waals surface area (Å²) in [5, 5.41) is 36.7. The van der Waals surface area contributed by atoms with E-state index in [4.69, 9.17) is 19.7 Å². The van der Waals surface area contributed by atoms with Crippen LogP contribution in [0.25, 0.3) is 0 Å². The third-order valence-corrected chi connectivity index (χ3v) is 2.51. The summed E-state index contributed by atoms with van der Waals surface area (Å²) in [6.07, 6.45) is -2.65. The lowest BCUT2D eigenvalue weighted by atomic mass is 10.2. The van der Waals surface area contributed by atoms with Gasteiger partial charge in [-0.1, -0.05) is 0 Å². The van der Waals surface area contributed by atoms with E-state index in [1.165, 1.54) is 0 Å². The van der Waals surface area contributed by atoms with Gasteiger partial charge in [0.05, 0.1) is 18.8 Å². The fraction of sp³-hybridized carbons (Fsp3) is 1.00. The summed E-state index contributed by atoms with van der Waals surface area (Å²) in [6.45, 7) is 1.36. The molecule has 1 fully saturated rings. The van der Waals surface area contributed by atoms with Crippen molar-refractivity contribution in [2.75, 3.05) is 6.61 Å².